The predicted octanol–water partition coefficient (Wildman–Crippen LogP) is 1.85. The fourth-order valence-electron chi connectivity index (χ4n) is 2.05. The quantitative estimate of drug-likeness (QED) is 0.833. The first-order valence-corrected chi connectivity index (χ1v) is 5.45. The van der Waals surface area contributed by atoms with Crippen LogP contribution < -0.4 is 0 Å². The maximum atomic E-state index is 11.8. The highest BCUT2D eigenvalue weighted by Crippen LogP contribution is 2.28. The first kappa shape index (κ1) is 14.2. The van der Waals surface area contributed by atoms with Crippen molar-refractivity contribution in [3.63, 3.8) is 0 Å². The van der Waals surface area contributed by atoms with Gasteiger partial charge in [-0.1, -0.05) is 0 Å². The largest absolute Gasteiger partial charge is 0.522 e. The van der Waals surface area contributed by atoms with Crippen LogP contribution in [0, 0.1) is 0 Å². The van der Waals surface area contributed by atoms with Crippen molar-refractivity contribution in [3.05, 3.63) is 0 Å². The van der Waals surface area contributed by atoms with Gasteiger partial charge in [-0.3, -0.25) is 14.4 Å². The summed E-state index contributed by atoms with van der Waals surface area (Å²) in [6.45, 7) is 1.47. The molecule has 1 unspecified atom stereocenters. The molecule has 1 aliphatic heterocycles. The standard InChI is InChI=1S/C10H16F3NO3/c1-9(8(15)16)4-2-3-5-14(9)6-7-17-10(11,12)13/h2-7H2,1H3,(H,15,16). The number of ether oxygens (including phenoxy) is 1. The number of alkyl halides is 3. The fourth-order valence-corrected chi connectivity index (χ4v) is 2.05. The van der Waals surface area contributed by atoms with Crippen LogP contribution in [0.1, 0.15) is 26.2 Å². The zero-order chi connectivity index (χ0) is 13.1. The zero-order valence-electron chi connectivity index (χ0n) is 9.59. The molecule has 4 nitrogen and oxygen atoms in total. The second-order valence-electron chi connectivity index (χ2n) is 4.32. The van der Waals surface area contributed by atoms with E-state index in [1.807, 2.05) is 0 Å². The number of piperidine rings is 1. The number of hydrogen-bond donors (Lipinski definition) is 1. The van der Waals surface area contributed by atoms with Gasteiger partial charge in [-0.05, 0) is 32.7 Å². The molecule has 0 aromatic carbocycles. The van der Waals surface area contributed by atoms with Gasteiger partial charge in [-0.25, -0.2) is 0 Å². The number of hydrogen-bond acceptors (Lipinski definition) is 3. The monoisotopic (exact) mass is 255 g/mol. The van der Waals surface area contributed by atoms with Gasteiger partial charge in [0.25, 0.3) is 0 Å². The van der Waals surface area contributed by atoms with Crippen LogP contribution in [-0.4, -0.2) is 47.6 Å². The van der Waals surface area contributed by atoms with E-state index in [1.165, 1.54) is 0 Å². The smallest absolute Gasteiger partial charge is 0.480 e. The number of carboxylic acids is 1. The normalized spacial score (nSPS) is 27.1. The Morgan fingerprint density at radius 1 is 1.47 bits per heavy atom. The highest BCUT2D eigenvalue weighted by molar-refractivity contribution is 5.78. The molecule has 1 saturated heterocycles. The van der Waals surface area contributed by atoms with Crippen LogP contribution in [-0.2, 0) is 9.53 Å². The lowest BCUT2D eigenvalue weighted by atomic mass is 9.88. The summed E-state index contributed by atoms with van der Waals surface area (Å²) in [6.07, 6.45) is -2.63. The van der Waals surface area contributed by atoms with E-state index in [-0.39, 0.29) is 6.54 Å². The third-order valence-corrected chi connectivity index (χ3v) is 3.13. The van der Waals surface area contributed by atoms with E-state index in [4.69, 9.17) is 5.11 Å². The first-order chi connectivity index (χ1) is 7.76. The second-order valence-corrected chi connectivity index (χ2v) is 4.32. The molecular formula is C10H16F3NO3. The maximum absolute atomic E-state index is 11.8. The van der Waals surface area contributed by atoms with Gasteiger partial charge in [0.1, 0.15) is 5.54 Å². The minimum Gasteiger partial charge on any atom is -0.480 e. The molecular weight excluding hydrogens is 239 g/mol. The van der Waals surface area contributed by atoms with E-state index in [1.54, 1.807) is 11.8 Å². The molecule has 1 rings (SSSR count). The third-order valence-electron chi connectivity index (χ3n) is 3.13. The van der Waals surface area contributed by atoms with Crippen molar-refractivity contribution in [2.45, 2.75) is 38.1 Å². The fraction of sp³-hybridized carbons (Fsp3) is 0.900. The highest BCUT2D eigenvalue weighted by Gasteiger charge is 2.41. The van der Waals surface area contributed by atoms with Crippen molar-refractivity contribution in [1.29, 1.82) is 0 Å². The number of halogens is 3. The molecule has 0 radical (unpaired) electrons. The van der Waals surface area contributed by atoms with Crippen LogP contribution in [0.5, 0.6) is 0 Å². The first-order valence-electron chi connectivity index (χ1n) is 5.45. The maximum Gasteiger partial charge on any atom is 0.522 e. The van der Waals surface area contributed by atoms with E-state index in [9.17, 15) is 18.0 Å². The summed E-state index contributed by atoms with van der Waals surface area (Å²) in [6, 6.07) is 0. The summed E-state index contributed by atoms with van der Waals surface area (Å²) in [7, 11) is 0. The summed E-state index contributed by atoms with van der Waals surface area (Å²) < 4.78 is 39.1. The molecule has 1 heterocycles. The molecule has 100 valence electrons. The van der Waals surface area contributed by atoms with Crippen LogP contribution >= 0.6 is 0 Å². The number of aliphatic carboxylic acids is 1. The summed E-state index contributed by atoms with van der Waals surface area (Å²) in [5.74, 6) is -0.996. The Balaban J connectivity index is 2.52. The lowest BCUT2D eigenvalue weighted by Gasteiger charge is -2.41. The Morgan fingerprint density at radius 3 is 2.65 bits per heavy atom. The van der Waals surface area contributed by atoms with Gasteiger partial charge in [0.15, 0.2) is 0 Å². The summed E-state index contributed by atoms with van der Waals surface area (Å²) >= 11 is 0. The minimum atomic E-state index is -4.66. The van der Waals surface area contributed by atoms with E-state index in [0.717, 1.165) is 12.8 Å². The number of carboxylic acid groups (broad SMARTS) is 1. The summed E-state index contributed by atoms with van der Waals surface area (Å²) in [5.41, 5.74) is -1.08. The van der Waals surface area contributed by atoms with Crippen molar-refractivity contribution < 1.29 is 27.8 Å². The molecule has 0 spiro atoms. The van der Waals surface area contributed by atoms with Crippen molar-refractivity contribution in [3.8, 4) is 0 Å². The average molecular weight is 255 g/mol. The highest BCUT2D eigenvalue weighted by atomic mass is 19.4. The van der Waals surface area contributed by atoms with E-state index in [0.29, 0.717) is 13.0 Å². The van der Waals surface area contributed by atoms with Gasteiger partial charge < -0.3 is 5.11 Å². The third kappa shape index (κ3) is 3.85. The Kier molecular flexibility index (Phi) is 4.37. The topological polar surface area (TPSA) is 49.8 Å². The Labute approximate surface area is 97.3 Å². The van der Waals surface area contributed by atoms with Crippen LogP contribution in [0.2, 0.25) is 0 Å². The number of nitrogens with zero attached hydrogens (tertiary/aromatic N) is 1. The van der Waals surface area contributed by atoms with Crippen molar-refractivity contribution in [2.75, 3.05) is 19.7 Å². The van der Waals surface area contributed by atoms with Gasteiger partial charge >= 0.3 is 12.3 Å². The average Bonchev–Trinajstić information content (AvgIpc) is 2.19. The van der Waals surface area contributed by atoms with Crippen LogP contribution in [0.25, 0.3) is 0 Å². The molecule has 7 heteroatoms. The zero-order valence-corrected chi connectivity index (χ0v) is 9.59. The van der Waals surface area contributed by atoms with Gasteiger partial charge in [-0.15, -0.1) is 13.2 Å². The molecule has 0 aromatic heterocycles. The molecule has 0 amide bonds. The van der Waals surface area contributed by atoms with Crippen LogP contribution in [0.4, 0.5) is 13.2 Å². The molecule has 1 N–H and O–H groups in total. The number of carbonyl (C=O) groups is 1. The predicted molar refractivity (Wildman–Crippen MR) is 53.5 cm³/mol. The Bertz CT molecular complexity index is 282. The Morgan fingerprint density at radius 2 is 2.12 bits per heavy atom. The molecule has 1 atom stereocenters. The summed E-state index contributed by atoms with van der Waals surface area (Å²) in [4.78, 5) is 12.7. The molecule has 0 saturated carbocycles. The minimum absolute atomic E-state index is 0.0255. The van der Waals surface area contributed by atoms with Crippen molar-refractivity contribution in [1.82, 2.24) is 4.90 Å². The van der Waals surface area contributed by atoms with Gasteiger partial charge in [-0.2, -0.15) is 0 Å². The molecule has 1 fully saturated rings. The summed E-state index contributed by atoms with van der Waals surface area (Å²) in [5, 5.41) is 9.12. The van der Waals surface area contributed by atoms with Crippen LogP contribution in [0.15, 0.2) is 0 Å². The van der Waals surface area contributed by atoms with Crippen LogP contribution in [0.3, 0.4) is 0 Å². The van der Waals surface area contributed by atoms with Crippen molar-refractivity contribution in [2.24, 2.45) is 0 Å². The number of likely N-dealkylation sites (tertiary alicyclic amines) is 1. The van der Waals surface area contributed by atoms with E-state index < -0.39 is 24.5 Å². The van der Waals surface area contributed by atoms with E-state index >= 15 is 0 Å². The SMILES string of the molecule is CC1(C(=O)O)CCCCN1CCOC(F)(F)F. The lowest BCUT2D eigenvalue weighted by Crippen LogP contribution is -2.56. The Hall–Kier alpha value is -0.820. The van der Waals surface area contributed by atoms with Gasteiger partial charge in [0.2, 0.25) is 0 Å². The van der Waals surface area contributed by atoms with Crippen molar-refractivity contribution >= 4 is 5.97 Å². The molecule has 17 heavy (non-hydrogen) atoms. The molecule has 0 aliphatic carbocycles. The second kappa shape index (κ2) is 5.22. The molecule has 0 bridgehead atoms. The lowest BCUT2D eigenvalue weighted by molar-refractivity contribution is -0.325. The number of rotatable bonds is 4. The van der Waals surface area contributed by atoms with Gasteiger partial charge in [0.05, 0.1) is 6.61 Å². The van der Waals surface area contributed by atoms with E-state index in [2.05, 4.69) is 4.74 Å². The molecule has 1 aliphatic rings. The van der Waals surface area contributed by atoms with Gasteiger partial charge in [0, 0.05) is 6.54 Å². The molecule has 0 aromatic rings.